The second kappa shape index (κ2) is 8.19. The van der Waals surface area contributed by atoms with Crippen LogP contribution in [0.4, 0.5) is 11.4 Å². The molecule has 0 radical (unpaired) electrons. The highest BCUT2D eigenvalue weighted by Gasteiger charge is 2.14. The molecule has 0 aromatic heterocycles. The second-order valence-electron chi connectivity index (χ2n) is 3.93. The molecule has 0 aliphatic heterocycles. The van der Waals surface area contributed by atoms with Crippen molar-refractivity contribution in [1.82, 2.24) is 0 Å². The Kier molecular flexibility index (Phi) is 6.91. The summed E-state index contributed by atoms with van der Waals surface area (Å²) in [6, 6.07) is 2.54. The smallest absolute Gasteiger partial charge is 0.272 e. The number of ether oxygens (including phenoxy) is 1. The van der Waals surface area contributed by atoms with Crippen molar-refractivity contribution >= 4 is 34.6 Å². The normalized spacial score (nSPS) is 10.5. The van der Waals surface area contributed by atoms with Crippen LogP contribution in [0.3, 0.4) is 0 Å². The van der Waals surface area contributed by atoms with E-state index in [0.29, 0.717) is 18.8 Å². The van der Waals surface area contributed by atoms with Crippen LogP contribution >= 0.6 is 23.2 Å². The molecular formula is C12H16Cl2N2O3. The number of nitrogens with one attached hydrogen (secondary N) is 1. The van der Waals surface area contributed by atoms with E-state index in [1.807, 2.05) is 0 Å². The SMILES string of the molecule is CCCCOCCNc1c(Cl)cc([N+](=O)[O-])cc1Cl. The number of halogens is 2. The molecule has 0 aliphatic carbocycles. The van der Waals surface area contributed by atoms with Gasteiger partial charge in [-0.05, 0) is 6.42 Å². The van der Waals surface area contributed by atoms with E-state index in [2.05, 4.69) is 12.2 Å². The number of nitro benzene ring substituents is 1. The Morgan fingerprint density at radius 2 is 1.95 bits per heavy atom. The molecule has 5 nitrogen and oxygen atoms in total. The molecule has 0 atom stereocenters. The van der Waals surface area contributed by atoms with Crippen LogP contribution < -0.4 is 5.32 Å². The first-order valence-corrected chi connectivity index (χ1v) is 6.77. The molecule has 0 saturated carbocycles. The monoisotopic (exact) mass is 306 g/mol. The standard InChI is InChI=1S/C12H16Cl2N2O3/c1-2-3-5-19-6-4-15-12-10(13)7-9(16(17)18)8-11(12)14/h7-8,15H,2-6H2,1H3. The van der Waals surface area contributed by atoms with Crippen LogP contribution in [0.1, 0.15) is 19.8 Å². The van der Waals surface area contributed by atoms with Gasteiger partial charge in [-0.25, -0.2) is 0 Å². The van der Waals surface area contributed by atoms with Crippen LogP contribution in [0.5, 0.6) is 0 Å². The minimum atomic E-state index is -0.532. The quantitative estimate of drug-likeness (QED) is 0.445. The minimum absolute atomic E-state index is 0.125. The number of non-ortho nitro benzene ring substituents is 1. The van der Waals surface area contributed by atoms with Crippen LogP contribution in [0, 0.1) is 10.1 Å². The lowest BCUT2D eigenvalue weighted by Crippen LogP contribution is -2.10. The summed E-state index contributed by atoms with van der Waals surface area (Å²) in [6.45, 7) is 3.89. The number of anilines is 1. The molecule has 1 N–H and O–H groups in total. The number of unbranched alkanes of at least 4 members (excludes halogenated alkanes) is 1. The van der Waals surface area contributed by atoms with E-state index in [1.165, 1.54) is 12.1 Å². The molecule has 7 heteroatoms. The number of nitro groups is 1. The van der Waals surface area contributed by atoms with Crippen LogP contribution in [-0.4, -0.2) is 24.7 Å². The van der Waals surface area contributed by atoms with Crippen molar-refractivity contribution in [3.05, 3.63) is 32.3 Å². The molecule has 0 unspecified atom stereocenters. The van der Waals surface area contributed by atoms with Crippen LogP contribution in [0.25, 0.3) is 0 Å². The summed E-state index contributed by atoms with van der Waals surface area (Å²) in [5, 5.41) is 14.1. The largest absolute Gasteiger partial charge is 0.380 e. The fourth-order valence-corrected chi connectivity index (χ4v) is 2.04. The van der Waals surface area contributed by atoms with Gasteiger partial charge in [-0.2, -0.15) is 0 Å². The van der Waals surface area contributed by atoms with Gasteiger partial charge in [0.15, 0.2) is 0 Å². The van der Waals surface area contributed by atoms with Crippen molar-refractivity contribution in [2.24, 2.45) is 0 Å². The fraction of sp³-hybridized carbons (Fsp3) is 0.500. The van der Waals surface area contributed by atoms with Crippen molar-refractivity contribution in [2.75, 3.05) is 25.1 Å². The highest BCUT2D eigenvalue weighted by Crippen LogP contribution is 2.34. The van der Waals surface area contributed by atoms with Gasteiger partial charge in [0.25, 0.3) is 5.69 Å². The molecule has 0 bridgehead atoms. The third-order valence-corrected chi connectivity index (χ3v) is 3.02. The maximum atomic E-state index is 10.6. The average molecular weight is 307 g/mol. The molecule has 1 aromatic carbocycles. The number of benzene rings is 1. The van der Waals surface area contributed by atoms with Gasteiger partial charge >= 0.3 is 0 Å². The molecule has 1 aromatic rings. The van der Waals surface area contributed by atoms with Crippen molar-refractivity contribution in [2.45, 2.75) is 19.8 Å². The second-order valence-corrected chi connectivity index (χ2v) is 4.75. The number of hydrogen-bond donors (Lipinski definition) is 1. The first-order valence-electron chi connectivity index (χ1n) is 6.01. The minimum Gasteiger partial charge on any atom is -0.380 e. The Morgan fingerprint density at radius 1 is 1.32 bits per heavy atom. The van der Waals surface area contributed by atoms with E-state index < -0.39 is 4.92 Å². The molecule has 1 rings (SSSR count). The lowest BCUT2D eigenvalue weighted by atomic mass is 10.3. The molecule has 0 spiro atoms. The van der Waals surface area contributed by atoms with E-state index in [0.717, 1.165) is 19.4 Å². The van der Waals surface area contributed by atoms with E-state index in [1.54, 1.807) is 0 Å². The van der Waals surface area contributed by atoms with Gasteiger partial charge in [0.05, 0.1) is 27.3 Å². The maximum absolute atomic E-state index is 10.6. The summed E-state index contributed by atoms with van der Waals surface area (Å²) in [6.07, 6.45) is 2.12. The fourth-order valence-electron chi connectivity index (χ4n) is 1.43. The molecule has 19 heavy (non-hydrogen) atoms. The van der Waals surface area contributed by atoms with E-state index in [9.17, 15) is 10.1 Å². The highest BCUT2D eigenvalue weighted by molar-refractivity contribution is 6.39. The van der Waals surface area contributed by atoms with Crippen molar-refractivity contribution in [3.8, 4) is 0 Å². The molecule has 0 heterocycles. The Hall–Kier alpha value is -1.04. The van der Waals surface area contributed by atoms with E-state index in [-0.39, 0.29) is 15.7 Å². The third-order valence-electron chi connectivity index (χ3n) is 2.43. The van der Waals surface area contributed by atoms with Crippen molar-refractivity contribution < 1.29 is 9.66 Å². The zero-order valence-corrected chi connectivity index (χ0v) is 12.1. The summed E-state index contributed by atoms with van der Waals surface area (Å²) in [5.74, 6) is 0. The van der Waals surface area contributed by atoms with Crippen LogP contribution in [0.2, 0.25) is 10.0 Å². The maximum Gasteiger partial charge on any atom is 0.272 e. The predicted molar refractivity (Wildman–Crippen MR) is 77.3 cm³/mol. The summed E-state index contributed by atoms with van der Waals surface area (Å²) < 4.78 is 5.38. The van der Waals surface area contributed by atoms with Gasteiger partial charge in [-0.15, -0.1) is 0 Å². The van der Waals surface area contributed by atoms with Gasteiger partial charge in [0.2, 0.25) is 0 Å². The Labute approximate surface area is 122 Å². The zero-order chi connectivity index (χ0) is 14.3. The molecule has 106 valence electrons. The van der Waals surface area contributed by atoms with Crippen LogP contribution in [-0.2, 0) is 4.74 Å². The van der Waals surface area contributed by atoms with Gasteiger partial charge in [-0.1, -0.05) is 36.5 Å². The van der Waals surface area contributed by atoms with Crippen molar-refractivity contribution in [3.63, 3.8) is 0 Å². The summed E-state index contributed by atoms with van der Waals surface area (Å²) in [7, 11) is 0. The van der Waals surface area contributed by atoms with E-state index >= 15 is 0 Å². The molecule has 0 aliphatic rings. The lowest BCUT2D eigenvalue weighted by Gasteiger charge is -2.10. The Bertz CT molecular complexity index is 418. The summed E-state index contributed by atoms with van der Waals surface area (Å²) in [5.41, 5.74) is 0.368. The Balaban J connectivity index is 2.52. The van der Waals surface area contributed by atoms with E-state index in [4.69, 9.17) is 27.9 Å². The zero-order valence-electron chi connectivity index (χ0n) is 10.6. The first kappa shape index (κ1) is 16.0. The number of rotatable bonds is 8. The molecule has 0 saturated heterocycles. The molecule has 0 fully saturated rings. The topological polar surface area (TPSA) is 64.4 Å². The average Bonchev–Trinajstić information content (AvgIpc) is 2.35. The predicted octanol–water partition coefficient (Wildman–Crippen LogP) is 4.13. The van der Waals surface area contributed by atoms with Crippen molar-refractivity contribution in [1.29, 1.82) is 0 Å². The molecular weight excluding hydrogens is 291 g/mol. The number of nitrogens with zero attached hydrogens (tertiary/aromatic N) is 1. The van der Waals surface area contributed by atoms with Crippen LogP contribution in [0.15, 0.2) is 12.1 Å². The van der Waals surface area contributed by atoms with Gasteiger partial charge < -0.3 is 10.1 Å². The lowest BCUT2D eigenvalue weighted by molar-refractivity contribution is -0.384. The third kappa shape index (κ3) is 5.22. The Morgan fingerprint density at radius 3 is 2.47 bits per heavy atom. The highest BCUT2D eigenvalue weighted by atomic mass is 35.5. The summed E-state index contributed by atoms with van der Waals surface area (Å²) in [4.78, 5) is 10.1. The number of hydrogen-bond acceptors (Lipinski definition) is 4. The molecule has 0 amide bonds. The van der Waals surface area contributed by atoms with Gasteiger partial charge in [-0.3, -0.25) is 10.1 Å². The summed E-state index contributed by atoms with van der Waals surface area (Å²) >= 11 is 11.9. The van der Waals surface area contributed by atoms with Gasteiger partial charge in [0.1, 0.15) is 0 Å². The first-order chi connectivity index (χ1) is 9.06. The van der Waals surface area contributed by atoms with Gasteiger partial charge in [0, 0.05) is 25.3 Å².